The van der Waals surface area contributed by atoms with Crippen molar-refractivity contribution in [3.63, 3.8) is 0 Å². The Morgan fingerprint density at radius 3 is 2.94 bits per heavy atom. The number of thiophene rings is 1. The third-order valence-corrected chi connectivity index (χ3v) is 3.59. The average molecular weight is 277 g/mol. The topological polar surface area (TPSA) is 50.4 Å². The number of nitrogens with one attached hydrogen (secondary N) is 2. The lowest BCUT2D eigenvalue weighted by Gasteiger charge is -2.13. The first-order chi connectivity index (χ1) is 8.13. The Kier molecular flexibility index (Phi) is 6.32. The van der Waals surface area contributed by atoms with Gasteiger partial charge in [0.15, 0.2) is 0 Å². The van der Waals surface area contributed by atoms with Gasteiger partial charge in [0.1, 0.15) is 0 Å². The van der Waals surface area contributed by atoms with E-state index in [0.29, 0.717) is 13.2 Å². The summed E-state index contributed by atoms with van der Waals surface area (Å²) < 4.78 is 5.62. The molecule has 2 N–H and O–H groups in total. The molecule has 0 spiro atoms. The number of rotatable bonds is 6. The molecule has 0 unspecified atom stereocenters. The van der Waals surface area contributed by atoms with Crippen LogP contribution in [-0.4, -0.2) is 26.3 Å². The van der Waals surface area contributed by atoms with Gasteiger partial charge < -0.3 is 15.4 Å². The van der Waals surface area contributed by atoms with E-state index in [9.17, 15) is 4.79 Å². The van der Waals surface area contributed by atoms with Crippen LogP contribution in [0.4, 0.5) is 4.79 Å². The van der Waals surface area contributed by atoms with Gasteiger partial charge in [0, 0.05) is 25.1 Å². The molecule has 0 aliphatic rings. The number of carbonyl (C=O) groups is 1. The minimum Gasteiger partial charge on any atom is -0.385 e. The molecule has 1 atom stereocenters. The van der Waals surface area contributed by atoms with Crippen LogP contribution in [-0.2, 0) is 4.74 Å². The lowest BCUT2D eigenvalue weighted by molar-refractivity contribution is 0.193. The van der Waals surface area contributed by atoms with Gasteiger partial charge in [0.25, 0.3) is 0 Å². The fourth-order valence-electron chi connectivity index (χ4n) is 1.30. The number of carbonyl (C=O) groups excluding carboxylic acids is 1. The van der Waals surface area contributed by atoms with Crippen molar-refractivity contribution in [1.82, 2.24) is 10.6 Å². The van der Waals surface area contributed by atoms with Crippen molar-refractivity contribution >= 4 is 29.0 Å². The van der Waals surface area contributed by atoms with Crippen LogP contribution < -0.4 is 10.6 Å². The van der Waals surface area contributed by atoms with E-state index in [2.05, 4.69) is 10.6 Å². The molecule has 17 heavy (non-hydrogen) atoms. The summed E-state index contributed by atoms with van der Waals surface area (Å²) in [7, 11) is 1.64. The molecule has 0 fully saturated rings. The molecule has 1 aromatic rings. The minimum atomic E-state index is -0.168. The Balaban J connectivity index is 2.26. The van der Waals surface area contributed by atoms with Gasteiger partial charge in [-0.25, -0.2) is 4.79 Å². The molecular weight excluding hydrogens is 260 g/mol. The van der Waals surface area contributed by atoms with Crippen molar-refractivity contribution < 1.29 is 9.53 Å². The zero-order valence-corrected chi connectivity index (χ0v) is 11.5. The van der Waals surface area contributed by atoms with Gasteiger partial charge in [-0.05, 0) is 25.5 Å². The molecule has 1 aromatic heterocycles. The van der Waals surface area contributed by atoms with E-state index in [0.717, 1.165) is 15.6 Å². The summed E-state index contributed by atoms with van der Waals surface area (Å²) in [6.07, 6.45) is 0.809. The van der Waals surface area contributed by atoms with Crippen molar-refractivity contribution in [3.05, 3.63) is 21.3 Å². The number of amides is 2. The van der Waals surface area contributed by atoms with Crippen molar-refractivity contribution in [1.29, 1.82) is 0 Å². The molecule has 0 aromatic carbocycles. The second-order valence-corrected chi connectivity index (χ2v) is 5.36. The monoisotopic (exact) mass is 276 g/mol. The van der Waals surface area contributed by atoms with Gasteiger partial charge in [-0.15, -0.1) is 11.3 Å². The highest BCUT2D eigenvalue weighted by Gasteiger charge is 2.10. The molecule has 2 amide bonds. The van der Waals surface area contributed by atoms with Crippen LogP contribution in [0.2, 0.25) is 4.34 Å². The molecule has 1 heterocycles. The van der Waals surface area contributed by atoms with Crippen LogP contribution in [0.3, 0.4) is 0 Å². The average Bonchev–Trinajstić information content (AvgIpc) is 2.71. The van der Waals surface area contributed by atoms with Gasteiger partial charge in [0.05, 0.1) is 10.4 Å². The van der Waals surface area contributed by atoms with Gasteiger partial charge in [-0.3, -0.25) is 0 Å². The summed E-state index contributed by atoms with van der Waals surface area (Å²) in [5.74, 6) is 0. The Labute approximate surface area is 110 Å². The maximum atomic E-state index is 11.5. The lowest BCUT2D eigenvalue weighted by Crippen LogP contribution is -2.37. The number of halogens is 1. The summed E-state index contributed by atoms with van der Waals surface area (Å²) in [5, 5.41) is 5.61. The molecule has 1 rings (SSSR count). The predicted molar refractivity (Wildman–Crippen MR) is 70.8 cm³/mol. The van der Waals surface area contributed by atoms with Crippen molar-refractivity contribution in [3.8, 4) is 0 Å². The van der Waals surface area contributed by atoms with E-state index in [-0.39, 0.29) is 12.1 Å². The van der Waals surface area contributed by atoms with Crippen LogP contribution in [0.1, 0.15) is 24.3 Å². The van der Waals surface area contributed by atoms with E-state index in [1.807, 2.05) is 19.1 Å². The van der Waals surface area contributed by atoms with Crippen LogP contribution in [0.5, 0.6) is 0 Å². The van der Waals surface area contributed by atoms with Crippen LogP contribution in [0, 0.1) is 0 Å². The van der Waals surface area contributed by atoms with Crippen LogP contribution >= 0.6 is 22.9 Å². The molecule has 0 radical (unpaired) electrons. The number of hydrogen-bond donors (Lipinski definition) is 2. The summed E-state index contributed by atoms with van der Waals surface area (Å²) in [6, 6.07) is 3.55. The van der Waals surface area contributed by atoms with E-state index < -0.39 is 0 Å². The number of hydrogen-bond acceptors (Lipinski definition) is 3. The predicted octanol–water partition coefficient (Wildman–Crippen LogP) is 2.80. The van der Waals surface area contributed by atoms with Gasteiger partial charge in [0.2, 0.25) is 0 Å². The number of methoxy groups -OCH3 is 1. The van der Waals surface area contributed by atoms with E-state index in [1.165, 1.54) is 11.3 Å². The molecule has 0 aliphatic heterocycles. The maximum absolute atomic E-state index is 11.5. The van der Waals surface area contributed by atoms with Gasteiger partial charge >= 0.3 is 6.03 Å². The normalized spacial score (nSPS) is 12.2. The Bertz CT molecular complexity index is 357. The fourth-order valence-corrected chi connectivity index (χ4v) is 2.36. The Morgan fingerprint density at radius 2 is 2.35 bits per heavy atom. The Morgan fingerprint density at radius 1 is 1.59 bits per heavy atom. The molecule has 0 bridgehead atoms. The maximum Gasteiger partial charge on any atom is 0.315 e. The summed E-state index contributed by atoms with van der Waals surface area (Å²) in [4.78, 5) is 12.5. The first kappa shape index (κ1) is 14.3. The highest BCUT2D eigenvalue weighted by molar-refractivity contribution is 7.16. The SMILES string of the molecule is COCCCNC(=O)N[C@@H](C)c1ccc(Cl)s1. The van der Waals surface area contributed by atoms with Crippen molar-refractivity contribution in [2.75, 3.05) is 20.3 Å². The third-order valence-electron chi connectivity index (χ3n) is 2.18. The van der Waals surface area contributed by atoms with E-state index in [1.54, 1.807) is 7.11 Å². The lowest BCUT2D eigenvalue weighted by atomic mass is 10.3. The smallest absolute Gasteiger partial charge is 0.315 e. The fraction of sp³-hybridized carbons (Fsp3) is 0.545. The van der Waals surface area contributed by atoms with E-state index in [4.69, 9.17) is 16.3 Å². The summed E-state index contributed by atoms with van der Waals surface area (Å²) in [5.41, 5.74) is 0. The highest BCUT2D eigenvalue weighted by atomic mass is 35.5. The molecule has 0 saturated carbocycles. The van der Waals surface area contributed by atoms with Gasteiger partial charge in [-0.2, -0.15) is 0 Å². The second kappa shape index (κ2) is 7.53. The van der Waals surface area contributed by atoms with Crippen molar-refractivity contribution in [2.45, 2.75) is 19.4 Å². The summed E-state index contributed by atoms with van der Waals surface area (Å²) >= 11 is 7.31. The molecular formula is C11H17ClN2O2S. The molecule has 0 saturated heterocycles. The van der Waals surface area contributed by atoms with Crippen molar-refractivity contribution in [2.24, 2.45) is 0 Å². The quantitative estimate of drug-likeness (QED) is 0.785. The standard InChI is InChI=1S/C11H17ClN2O2S/c1-8(9-4-5-10(12)17-9)14-11(15)13-6-3-7-16-2/h4-5,8H,3,6-7H2,1-2H3,(H2,13,14,15)/t8-/m0/s1. The molecule has 6 heteroatoms. The zero-order chi connectivity index (χ0) is 12.7. The highest BCUT2D eigenvalue weighted by Crippen LogP contribution is 2.26. The van der Waals surface area contributed by atoms with E-state index >= 15 is 0 Å². The van der Waals surface area contributed by atoms with Gasteiger partial charge in [-0.1, -0.05) is 11.6 Å². The molecule has 4 nitrogen and oxygen atoms in total. The third kappa shape index (κ3) is 5.39. The molecule has 0 aliphatic carbocycles. The number of urea groups is 1. The zero-order valence-electron chi connectivity index (χ0n) is 9.96. The Hall–Kier alpha value is -0.780. The number of ether oxygens (including phenoxy) is 1. The summed E-state index contributed by atoms with van der Waals surface area (Å²) in [6.45, 7) is 3.19. The largest absolute Gasteiger partial charge is 0.385 e. The first-order valence-corrected chi connectivity index (χ1v) is 6.61. The minimum absolute atomic E-state index is 0.0325. The first-order valence-electron chi connectivity index (χ1n) is 5.42. The second-order valence-electron chi connectivity index (χ2n) is 3.61. The molecule has 96 valence electrons. The van der Waals surface area contributed by atoms with Crippen LogP contribution in [0.15, 0.2) is 12.1 Å². The van der Waals surface area contributed by atoms with Crippen LogP contribution in [0.25, 0.3) is 0 Å².